The van der Waals surface area contributed by atoms with Crippen molar-refractivity contribution in [1.82, 2.24) is 10.2 Å². The summed E-state index contributed by atoms with van der Waals surface area (Å²) in [6.07, 6.45) is 3.04. The highest BCUT2D eigenvalue weighted by Crippen LogP contribution is 2.31. The highest BCUT2D eigenvalue weighted by molar-refractivity contribution is 9.12. The zero-order valence-electron chi connectivity index (χ0n) is 20.4. The Morgan fingerprint density at radius 3 is 2.61 bits per heavy atom. The summed E-state index contributed by atoms with van der Waals surface area (Å²) in [5, 5.41) is 8.32. The Morgan fingerprint density at radius 2 is 1.94 bits per heavy atom. The minimum atomic E-state index is -3.41. The molecule has 36 heavy (non-hydrogen) atoms. The van der Waals surface area contributed by atoms with Crippen LogP contribution in [0.4, 0.5) is 5.69 Å². The summed E-state index contributed by atoms with van der Waals surface area (Å²) in [5.74, 6) is 1.08. The number of para-hydroxylation sites is 1. The molecule has 3 aromatic rings. The third kappa shape index (κ3) is 6.65. The number of rotatable bonds is 10. The van der Waals surface area contributed by atoms with Crippen molar-refractivity contribution in [2.75, 3.05) is 18.5 Å². The number of thioether (sulfide) groups is 1. The Balaban J connectivity index is 2.16. The quantitative estimate of drug-likeness (QED) is 0.136. The summed E-state index contributed by atoms with van der Waals surface area (Å²) >= 11 is 5.02. The third-order valence-electron chi connectivity index (χ3n) is 5.02. The van der Waals surface area contributed by atoms with E-state index in [9.17, 15) is 8.42 Å². The second-order valence-corrected chi connectivity index (χ2v) is 11.7. The first-order valence-electron chi connectivity index (χ1n) is 10.8. The largest absolute Gasteiger partial charge is 0.481 e. The number of aliphatic imine (C=N–C) groups is 1. The minimum absolute atomic E-state index is 0.0841. The van der Waals surface area contributed by atoms with E-state index in [1.807, 2.05) is 30.5 Å². The van der Waals surface area contributed by atoms with Crippen molar-refractivity contribution in [3.8, 4) is 11.5 Å². The van der Waals surface area contributed by atoms with Crippen LogP contribution in [0.2, 0.25) is 0 Å². The fourth-order valence-electron chi connectivity index (χ4n) is 3.14. The second-order valence-electron chi connectivity index (χ2n) is 8.09. The van der Waals surface area contributed by atoms with Crippen LogP contribution >= 0.6 is 27.7 Å². The maximum Gasteiger partial charge on any atom is 0.267 e. The summed E-state index contributed by atoms with van der Waals surface area (Å²) in [6.45, 7) is 8.05. The van der Waals surface area contributed by atoms with Crippen LogP contribution in [-0.2, 0) is 14.6 Å². The Bertz CT molecular complexity index is 1430. The molecule has 0 fully saturated rings. The molecule has 2 aromatic carbocycles. The van der Waals surface area contributed by atoms with Crippen LogP contribution in [-0.4, -0.2) is 42.8 Å². The zero-order chi connectivity index (χ0) is 26.5. The van der Waals surface area contributed by atoms with Crippen LogP contribution in [0.1, 0.15) is 31.2 Å². The lowest BCUT2D eigenvalue weighted by atomic mass is 10.0. The van der Waals surface area contributed by atoms with Crippen molar-refractivity contribution in [2.45, 2.75) is 24.7 Å². The molecule has 0 aliphatic carbocycles. The van der Waals surface area contributed by atoms with Gasteiger partial charge in [0.1, 0.15) is 17.4 Å². The first kappa shape index (κ1) is 27.7. The highest BCUT2D eigenvalue weighted by atomic mass is 79.9. The molecule has 2 N–H and O–H groups in total. The standard InChI is InChI=1S/C25H27BrN4O4S2/c1-15(2)19-11-6-7-12-20(19)28-23(21(26)22(27)16(3)33-14-35-4)25-30-29-24(34-25)17-9-8-10-18(13-17)36(5,31)32/h6-13,15H,3,14,27H2,1-2,4-5H3. The van der Waals surface area contributed by atoms with Crippen molar-refractivity contribution in [2.24, 2.45) is 10.7 Å². The maximum atomic E-state index is 12.0. The van der Waals surface area contributed by atoms with Gasteiger partial charge >= 0.3 is 0 Å². The summed E-state index contributed by atoms with van der Waals surface area (Å²) in [4.78, 5) is 4.98. The van der Waals surface area contributed by atoms with Gasteiger partial charge in [0.15, 0.2) is 9.84 Å². The molecular formula is C25H27BrN4O4S2. The molecule has 1 heterocycles. The maximum absolute atomic E-state index is 12.0. The average molecular weight is 592 g/mol. The molecule has 1 aromatic heterocycles. The van der Waals surface area contributed by atoms with Crippen LogP contribution in [0, 0.1) is 0 Å². The van der Waals surface area contributed by atoms with Gasteiger partial charge in [0.2, 0.25) is 5.89 Å². The number of nitrogens with zero attached hydrogens (tertiary/aromatic N) is 3. The van der Waals surface area contributed by atoms with E-state index in [2.05, 4.69) is 46.6 Å². The van der Waals surface area contributed by atoms with Crippen molar-refractivity contribution in [1.29, 1.82) is 0 Å². The molecule has 0 saturated carbocycles. The second kappa shape index (κ2) is 11.9. The van der Waals surface area contributed by atoms with Crippen molar-refractivity contribution >= 4 is 48.9 Å². The smallest absolute Gasteiger partial charge is 0.267 e. The summed E-state index contributed by atoms with van der Waals surface area (Å²) < 4.78 is 35.9. The number of aromatic nitrogens is 2. The molecule has 0 bridgehead atoms. The van der Waals surface area contributed by atoms with E-state index in [0.717, 1.165) is 11.8 Å². The van der Waals surface area contributed by atoms with Crippen LogP contribution in [0.15, 0.2) is 85.4 Å². The number of nitrogens with two attached hydrogens (primary N) is 1. The van der Waals surface area contributed by atoms with Gasteiger partial charge in [-0.05, 0) is 57.9 Å². The number of hydrogen-bond donors (Lipinski definition) is 1. The van der Waals surface area contributed by atoms with Crippen molar-refractivity contribution < 1.29 is 17.6 Å². The molecule has 0 saturated heterocycles. The predicted molar refractivity (Wildman–Crippen MR) is 148 cm³/mol. The van der Waals surface area contributed by atoms with Crippen LogP contribution in [0.25, 0.3) is 11.5 Å². The molecule has 0 aliphatic rings. The van der Waals surface area contributed by atoms with Gasteiger partial charge in [-0.1, -0.05) is 44.7 Å². The Hall–Kier alpha value is -2.89. The molecule has 0 atom stereocenters. The van der Waals surface area contributed by atoms with Crippen molar-refractivity contribution in [3.05, 3.63) is 82.5 Å². The van der Waals surface area contributed by atoms with Crippen molar-refractivity contribution in [3.63, 3.8) is 0 Å². The number of halogens is 1. The third-order valence-corrected chi connectivity index (χ3v) is 7.29. The zero-order valence-corrected chi connectivity index (χ0v) is 23.6. The molecule has 11 heteroatoms. The fourth-order valence-corrected chi connectivity index (χ4v) is 4.55. The van der Waals surface area contributed by atoms with Crippen LogP contribution in [0.5, 0.6) is 0 Å². The van der Waals surface area contributed by atoms with E-state index < -0.39 is 9.84 Å². The SMILES string of the molecule is C=C(OCSC)C(N)=C(Br)C(=Nc1ccccc1C(C)C)c1nnc(-c2cccc(S(C)(=O)=O)c2)o1. The molecule has 0 amide bonds. The lowest BCUT2D eigenvalue weighted by Crippen LogP contribution is -2.12. The summed E-state index contributed by atoms with van der Waals surface area (Å²) in [7, 11) is -3.41. The average Bonchev–Trinajstić information content (AvgIpc) is 3.34. The van der Waals surface area contributed by atoms with Gasteiger partial charge in [0, 0.05) is 11.8 Å². The lowest BCUT2D eigenvalue weighted by molar-refractivity contribution is 0.283. The highest BCUT2D eigenvalue weighted by Gasteiger charge is 2.22. The molecule has 0 unspecified atom stereocenters. The number of hydrogen-bond acceptors (Lipinski definition) is 9. The van der Waals surface area contributed by atoms with Gasteiger partial charge in [-0.15, -0.1) is 22.0 Å². The molecule has 3 rings (SSSR count). The van der Waals surface area contributed by atoms with Gasteiger partial charge in [-0.25, -0.2) is 13.4 Å². The topological polar surface area (TPSA) is 121 Å². The lowest BCUT2D eigenvalue weighted by Gasteiger charge is -2.13. The van der Waals surface area contributed by atoms with E-state index in [-0.39, 0.29) is 39.8 Å². The van der Waals surface area contributed by atoms with E-state index in [0.29, 0.717) is 21.7 Å². The van der Waals surface area contributed by atoms with Gasteiger partial charge in [-0.3, -0.25) is 0 Å². The summed E-state index contributed by atoms with van der Waals surface area (Å²) in [6, 6.07) is 14.0. The monoisotopic (exact) mass is 590 g/mol. The van der Waals surface area contributed by atoms with Gasteiger partial charge in [0.05, 0.1) is 20.8 Å². The van der Waals surface area contributed by atoms with Gasteiger partial charge in [0.25, 0.3) is 5.89 Å². The molecule has 8 nitrogen and oxygen atoms in total. The Kier molecular flexibility index (Phi) is 9.15. The molecular weight excluding hydrogens is 564 g/mol. The van der Waals surface area contributed by atoms with Crippen LogP contribution in [0.3, 0.4) is 0 Å². The van der Waals surface area contributed by atoms with E-state index in [1.165, 1.54) is 23.9 Å². The number of sulfone groups is 1. The molecule has 0 spiro atoms. The first-order valence-corrected chi connectivity index (χ1v) is 14.9. The fraction of sp³-hybridized carbons (Fsp3) is 0.240. The predicted octanol–water partition coefficient (Wildman–Crippen LogP) is 5.80. The van der Waals surface area contributed by atoms with Gasteiger partial charge in [-0.2, -0.15) is 0 Å². The van der Waals surface area contributed by atoms with E-state index >= 15 is 0 Å². The molecule has 0 aliphatic heterocycles. The number of benzene rings is 2. The summed E-state index contributed by atoms with van der Waals surface area (Å²) in [5.41, 5.74) is 9.04. The number of ether oxygens (including phenoxy) is 1. The van der Waals surface area contributed by atoms with Gasteiger partial charge < -0.3 is 14.9 Å². The van der Waals surface area contributed by atoms with E-state index in [1.54, 1.807) is 12.1 Å². The number of allylic oxidation sites excluding steroid dienone is 1. The van der Waals surface area contributed by atoms with E-state index in [4.69, 9.17) is 19.9 Å². The van der Waals surface area contributed by atoms with Crippen LogP contribution < -0.4 is 5.73 Å². The molecule has 190 valence electrons. The first-order chi connectivity index (χ1) is 17.0. The Morgan fingerprint density at radius 1 is 1.22 bits per heavy atom. The Labute approximate surface area is 223 Å². The minimum Gasteiger partial charge on any atom is -0.481 e. The molecule has 0 radical (unpaired) electrons. The normalized spacial score (nSPS) is 13.0.